The highest BCUT2D eigenvalue weighted by Gasteiger charge is 2.16. The van der Waals surface area contributed by atoms with E-state index in [1.165, 1.54) is 0 Å². The van der Waals surface area contributed by atoms with Crippen LogP contribution >= 0.6 is 0 Å². The highest BCUT2D eigenvalue weighted by molar-refractivity contribution is 5.66. The molecular formula is C23H26N4O2. The average molecular weight is 390 g/mol. The van der Waals surface area contributed by atoms with Crippen LogP contribution in [-0.2, 0) is 6.54 Å². The van der Waals surface area contributed by atoms with E-state index in [1.54, 1.807) is 7.11 Å². The number of rotatable bonds is 6. The molecule has 0 spiro atoms. The molecular weight excluding hydrogens is 364 g/mol. The van der Waals surface area contributed by atoms with E-state index in [0.717, 1.165) is 61.0 Å². The molecule has 6 heteroatoms. The fourth-order valence-corrected chi connectivity index (χ4v) is 3.47. The smallest absolute Gasteiger partial charge is 0.238 e. The van der Waals surface area contributed by atoms with Gasteiger partial charge < -0.3 is 14.4 Å². The van der Waals surface area contributed by atoms with E-state index in [2.05, 4.69) is 39.2 Å². The molecule has 1 fully saturated rings. The molecule has 0 unspecified atom stereocenters. The third kappa shape index (κ3) is 4.72. The Morgan fingerprint density at radius 1 is 0.828 bits per heavy atom. The summed E-state index contributed by atoms with van der Waals surface area (Å²) in [5, 5.41) is 8.61. The third-order valence-corrected chi connectivity index (χ3v) is 5.20. The SMILES string of the molecule is COc1ccccc1-c1ccc(Oc2ccccc2CN2CCN(C)CC2)nn1. The highest BCUT2D eigenvalue weighted by Crippen LogP contribution is 2.29. The molecule has 1 aliphatic heterocycles. The van der Waals surface area contributed by atoms with E-state index in [-0.39, 0.29) is 0 Å². The predicted octanol–water partition coefficient (Wildman–Crippen LogP) is 3.69. The topological polar surface area (TPSA) is 50.7 Å². The molecule has 0 saturated carbocycles. The lowest BCUT2D eigenvalue weighted by Gasteiger charge is -2.32. The van der Waals surface area contributed by atoms with Gasteiger partial charge in [-0.1, -0.05) is 30.3 Å². The van der Waals surface area contributed by atoms with Crippen molar-refractivity contribution in [2.45, 2.75) is 6.54 Å². The van der Waals surface area contributed by atoms with Crippen molar-refractivity contribution in [2.75, 3.05) is 40.3 Å². The molecule has 6 nitrogen and oxygen atoms in total. The van der Waals surface area contributed by atoms with Gasteiger partial charge in [0.15, 0.2) is 0 Å². The van der Waals surface area contributed by atoms with Gasteiger partial charge in [-0.25, -0.2) is 0 Å². The molecule has 3 aromatic rings. The van der Waals surface area contributed by atoms with Gasteiger partial charge in [-0.15, -0.1) is 10.2 Å². The molecule has 2 heterocycles. The largest absolute Gasteiger partial charge is 0.496 e. The van der Waals surface area contributed by atoms with Crippen molar-refractivity contribution < 1.29 is 9.47 Å². The van der Waals surface area contributed by atoms with Gasteiger partial charge in [0, 0.05) is 49.9 Å². The number of hydrogen-bond donors (Lipinski definition) is 0. The van der Waals surface area contributed by atoms with Gasteiger partial charge in [0.05, 0.1) is 12.8 Å². The Kier molecular flexibility index (Phi) is 6.03. The zero-order valence-electron chi connectivity index (χ0n) is 16.9. The number of hydrogen-bond acceptors (Lipinski definition) is 6. The molecule has 29 heavy (non-hydrogen) atoms. The van der Waals surface area contributed by atoms with Crippen LogP contribution in [0.15, 0.2) is 60.7 Å². The number of nitrogens with zero attached hydrogens (tertiary/aromatic N) is 4. The van der Waals surface area contributed by atoms with E-state index in [1.807, 2.05) is 48.5 Å². The summed E-state index contributed by atoms with van der Waals surface area (Å²) in [6.45, 7) is 5.20. The van der Waals surface area contributed by atoms with Gasteiger partial charge in [-0.2, -0.15) is 0 Å². The van der Waals surface area contributed by atoms with Crippen molar-refractivity contribution in [3.8, 4) is 28.6 Å². The van der Waals surface area contributed by atoms with Crippen LogP contribution in [0.1, 0.15) is 5.56 Å². The molecule has 2 aromatic carbocycles. The minimum Gasteiger partial charge on any atom is -0.496 e. The number of benzene rings is 2. The van der Waals surface area contributed by atoms with Crippen LogP contribution in [0.2, 0.25) is 0 Å². The zero-order chi connectivity index (χ0) is 20.1. The van der Waals surface area contributed by atoms with E-state index >= 15 is 0 Å². The lowest BCUT2D eigenvalue weighted by molar-refractivity contribution is 0.147. The summed E-state index contributed by atoms with van der Waals surface area (Å²) in [6.07, 6.45) is 0. The second kappa shape index (κ2) is 9.03. The zero-order valence-corrected chi connectivity index (χ0v) is 16.9. The van der Waals surface area contributed by atoms with E-state index in [0.29, 0.717) is 5.88 Å². The van der Waals surface area contributed by atoms with Crippen LogP contribution in [-0.4, -0.2) is 60.3 Å². The quantitative estimate of drug-likeness (QED) is 0.640. The number of ether oxygens (including phenoxy) is 2. The first-order chi connectivity index (χ1) is 14.2. The van der Waals surface area contributed by atoms with Crippen molar-refractivity contribution in [3.63, 3.8) is 0 Å². The lowest BCUT2D eigenvalue weighted by atomic mass is 10.1. The summed E-state index contributed by atoms with van der Waals surface area (Å²) in [5.41, 5.74) is 2.82. The van der Waals surface area contributed by atoms with Crippen LogP contribution < -0.4 is 9.47 Å². The molecule has 0 N–H and O–H groups in total. The molecule has 0 bridgehead atoms. The van der Waals surface area contributed by atoms with Crippen molar-refractivity contribution in [1.29, 1.82) is 0 Å². The first-order valence-corrected chi connectivity index (χ1v) is 9.87. The number of methoxy groups -OCH3 is 1. The molecule has 1 aromatic heterocycles. The Hall–Kier alpha value is -2.96. The fourth-order valence-electron chi connectivity index (χ4n) is 3.47. The van der Waals surface area contributed by atoms with Crippen molar-refractivity contribution >= 4 is 0 Å². The lowest BCUT2D eigenvalue weighted by Crippen LogP contribution is -2.43. The molecule has 0 aliphatic carbocycles. The second-order valence-electron chi connectivity index (χ2n) is 7.25. The van der Waals surface area contributed by atoms with Crippen LogP contribution in [0.25, 0.3) is 11.3 Å². The van der Waals surface area contributed by atoms with Crippen LogP contribution in [0, 0.1) is 0 Å². The number of aromatic nitrogens is 2. The molecule has 4 rings (SSSR count). The molecule has 0 atom stereocenters. The standard InChI is InChI=1S/C23H26N4O2/c1-26-13-15-27(16-14-26)17-18-7-3-5-9-21(18)29-23-12-11-20(24-25-23)19-8-4-6-10-22(19)28-2/h3-12H,13-17H2,1-2H3. The minimum atomic E-state index is 0.481. The van der Waals surface area contributed by atoms with E-state index in [9.17, 15) is 0 Å². The maximum atomic E-state index is 6.08. The van der Waals surface area contributed by atoms with Crippen molar-refractivity contribution in [2.24, 2.45) is 0 Å². The van der Waals surface area contributed by atoms with Gasteiger partial charge in [-0.05, 0) is 31.3 Å². The first kappa shape index (κ1) is 19.4. The highest BCUT2D eigenvalue weighted by atomic mass is 16.5. The van der Waals surface area contributed by atoms with Gasteiger partial charge in [-0.3, -0.25) is 4.90 Å². The predicted molar refractivity (Wildman–Crippen MR) is 113 cm³/mol. The van der Waals surface area contributed by atoms with Gasteiger partial charge in [0.25, 0.3) is 0 Å². The monoisotopic (exact) mass is 390 g/mol. The Balaban J connectivity index is 1.48. The summed E-state index contributed by atoms with van der Waals surface area (Å²) in [4.78, 5) is 4.82. The summed E-state index contributed by atoms with van der Waals surface area (Å²) in [6, 6.07) is 19.7. The first-order valence-electron chi connectivity index (χ1n) is 9.87. The van der Waals surface area contributed by atoms with E-state index < -0.39 is 0 Å². The minimum absolute atomic E-state index is 0.481. The maximum Gasteiger partial charge on any atom is 0.238 e. The number of likely N-dealkylation sites (N-methyl/N-ethyl adjacent to an activating group) is 1. The fraction of sp³-hybridized carbons (Fsp3) is 0.304. The summed E-state index contributed by atoms with van der Waals surface area (Å²) in [5.74, 6) is 2.08. The van der Waals surface area contributed by atoms with Crippen molar-refractivity contribution in [1.82, 2.24) is 20.0 Å². The van der Waals surface area contributed by atoms with Crippen LogP contribution in [0.4, 0.5) is 0 Å². The van der Waals surface area contributed by atoms with Crippen molar-refractivity contribution in [3.05, 3.63) is 66.2 Å². The van der Waals surface area contributed by atoms with Crippen LogP contribution in [0.5, 0.6) is 17.4 Å². The molecule has 150 valence electrons. The molecule has 0 radical (unpaired) electrons. The molecule has 1 aliphatic rings. The maximum absolute atomic E-state index is 6.08. The molecule has 0 amide bonds. The average Bonchev–Trinajstić information content (AvgIpc) is 2.77. The summed E-state index contributed by atoms with van der Waals surface area (Å²) in [7, 11) is 3.82. The molecule has 1 saturated heterocycles. The van der Waals surface area contributed by atoms with Crippen LogP contribution in [0.3, 0.4) is 0 Å². The normalized spacial score (nSPS) is 15.2. The summed E-state index contributed by atoms with van der Waals surface area (Å²) < 4.78 is 11.5. The summed E-state index contributed by atoms with van der Waals surface area (Å²) >= 11 is 0. The second-order valence-corrected chi connectivity index (χ2v) is 7.25. The number of piperazine rings is 1. The Bertz CT molecular complexity index is 938. The van der Waals surface area contributed by atoms with E-state index in [4.69, 9.17) is 9.47 Å². The Labute approximate surface area is 171 Å². The Morgan fingerprint density at radius 3 is 2.28 bits per heavy atom. The Morgan fingerprint density at radius 2 is 1.55 bits per heavy atom. The third-order valence-electron chi connectivity index (χ3n) is 5.20. The van der Waals surface area contributed by atoms with Gasteiger partial charge >= 0.3 is 0 Å². The van der Waals surface area contributed by atoms with Gasteiger partial charge in [0.1, 0.15) is 11.5 Å². The number of para-hydroxylation sites is 2. The van der Waals surface area contributed by atoms with Gasteiger partial charge in [0.2, 0.25) is 5.88 Å².